The van der Waals surface area contributed by atoms with Gasteiger partial charge >= 0.3 is 0 Å². The van der Waals surface area contributed by atoms with Crippen LogP contribution in [0, 0.1) is 6.92 Å². The molecule has 0 bridgehead atoms. The molecule has 4 nitrogen and oxygen atoms in total. The minimum Gasteiger partial charge on any atom is -0.325 e. The Morgan fingerprint density at radius 2 is 1.61 bits per heavy atom. The molecular weight excluding hydrogens is 424 g/mol. The standard InChI is InChI=1S/C25H20N2O2S2/c1-17-7-13-21(14-8-17)26-23(28)16-27-24(29)22(31-25(27)30)15-18-9-11-20(12-10-18)19-5-3-2-4-6-19/h2-15H,16H2,1H3,(H,26,28)/b22-15-. The van der Waals surface area contributed by atoms with Gasteiger partial charge in [0.1, 0.15) is 10.9 Å². The largest absolute Gasteiger partial charge is 0.325 e. The lowest BCUT2D eigenvalue weighted by Crippen LogP contribution is -2.36. The molecule has 3 aromatic carbocycles. The maximum Gasteiger partial charge on any atom is 0.266 e. The van der Waals surface area contributed by atoms with Gasteiger partial charge in [-0.1, -0.05) is 96.3 Å². The molecule has 1 N–H and O–H groups in total. The van der Waals surface area contributed by atoms with Crippen LogP contribution in [0.1, 0.15) is 11.1 Å². The molecule has 154 valence electrons. The maximum atomic E-state index is 12.8. The normalized spacial score (nSPS) is 14.9. The Hall–Kier alpha value is -3.22. The van der Waals surface area contributed by atoms with Crippen molar-refractivity contribution in [1.82, 2.24) is 4.90 Å². The third kappa shape index (κ3) is 5.10. The Bertz CT molecular complexity index is 1150. The van der Waals surface area contributed by atoms with Crippen LogP contribution in [0.3, 0.4) is 0 Å². The van der Waals surface area contributed by atoms with Gasteiger partial charge in [-0.3, -0.25) is 14.5 Å². The van der Waals surface area contributed by atoms with Crippen molar-refractivity contribution < 1.29 is 9.59 Å². The van der Waals surface area contributed by atoms with Crippen LogP contribution < -0.4 is 5.32 Å². The second kappa shape index (κ2) is 9.29. The van der Waals surface area contributed by atoms with Crippen LogP contribution in [-0.4, -0.2) is 27.6 Å². The van der Waals surface area contributed by atoms with Gasteiger partial charge in [0, 0.05) is 5.69 Å². The molecular formula is C25H20N2O2S2. The Kier molecular flexibility index (Phi) is 6.30. The van der Waals surface area contributed by atoms with Gasteiger partial charge in [-0.05, 0) is 41.8 Å². The second-order valence-corrected chi connectivity index (χ2v) is 8.85. The molecule has 0 spiro atoms. The number of anilines is 1. The fourth-order valence-corrected chi connectivity index (χ4v) is 4.43. The molecule has 6 heteroatoms. The number of nitrogens with one attached hydrogen (secondary N) is 1. The highest BCUT2D eigenvalue weighted by Crippen LogP contribution is 2.32. The number of nitrogens with zero attached hydrogens (tertiary/aromatic N) is 1. The summed E-state index contributed by atoms with van der Waals surface area (Å²) in [6.45, 7) is 1.87. The molecule has 2 amide bonds. The number of rotatable bonds is 5. The Morgan fingerprint density at radius 1 is 0.968 bits per heavy atom. The zero-order chi connectivity index (χ0) is 21.8. The van der Waals surface area contributed by atoms with E-state index in [0.717, 1.165) is 22.3 Å². The average Bonchev–Trinajstić information content (AvgIpc) is 3.04. The van der Waals surface area contributed by atoms with E-state index >= 15 is 0 Å². The summed E-state index contributed by atoms with van der Waals surface area (Å²) in [6, 6.07) is 25.6. The summed E-state index contributed by atoms with van der Waals surface area (Å²) < 4.78 is 0.385. The third-order valence-corrected chi connectivity index (χ3v) is 6.20. The third-order valence-electron chi connectivity index (χ3n) is 4.83. The lowest BCUT2D eigenvalue weighted by atomic mass is 10.0. The zero-order valence-corrected chi connectivity index (χ0v) is 18.5. The molecule has 1 aliphatic rings. The van der Waals surface area contributed by atoms with Crippen LogP contribution in [0.25, 0.3) is 17.2 Å². The number of benzene rings is 3. The first-order valence-electron chi connectivity index (χ1n) is 9.77. The van der Waals surface area contributed by atoms with Crippen molar-refractivity contribution in [1.29, 1.82) is 0 Å². The molecule has 1 saturated heterocycles. The van der Waals surface area contributed by atoms with E-state index in [1.54, 1.807) is 0 Å². The van der Waals surface area contributed by atoms with Crippen LogP contribution in [0.5, 0.6) is 0 Å². The SMILES string of the molecule is Cc1ccc(NC(=O)CN2C(=O)/C(=C/c3ccc(-c4ccccc4)cc3)SC2=S)cc1. The van der Waals surface area contributed by atoms with Crippen molar-refractivity contribution in [2.45, 2.75) is 6.92 Å². The van der Waals surface area contributed by atoms with Crippen LogP contribution >= 0.6 is 24.0 Å². The summed E-state index contributed by atoms with van der Waals surface area (Å²) in [6.07, 6.45) is 1.81. The summed E-state index contributed by atoms with van der Waals surface area (Å²) in [5.74, 6) is -0.533. The number of amides is 2. The molecule has 0 unspecified atom stereocenters. The molecule has 0 aliphatic carbocycles. The molecule has 1 heterocycles. The number of thioether (sulfide) groups is 1. The van der Waals surface area contributed by atoms with Gasteiger partial charge in [0.25, 0.3) is 5.91 Å². The smallest absolute Gasteiger partial charge is 0.266 e. The summed E-state index contributed by atoms with van der Waals surface area (Å²) in [5, 5.41) is 2.80. The van der Waals surface area contributed by atoms with Gasteiger partial charge in [0.2, 0.25) is 5.91 Å². The second-order valence-electron chi connectivity index (χ2n) is 7.17. The van der Waals surface area contributed by atoms with Crippen molar-refractivity contribution in [2.24, 2.45) is 0 Å². The average molecular weight is 445 g/mol. The van der Waals surface area contributed by atoms with Crippen molar-refractivity contribution in [2.75, 3.05) is 11.9 Å². The molecule has 31 heavy (non-hydrogen) atoms. The molecule has 1 aliphatic heterocycles. The first-order chi connectivity index (χ1) is 15.0. The summed E-state index contributed by atoms with van der Waals surface area (Å²) >= 11 is 6.56. The number of carbonyl (C=O) groups excluding carboxylic acids is 2. The Morgan fingerprint density at radius 3 is 2.29 bits per heavy atom. The molecule has 3 aromatic rings. The lowest BCUT2D eigenvalue weighted by molar-refractivity contribution is -0.126. The molecule has 0 atom stereocenters. The maximum absolute atomic E-state index is 12.8. The quantitative estimate of drug-likeness (QED) is 0.417. The van der Waals surface area contributed by atoms with E-state index in [-0.39, 0.29) is 18.4 Å². The van der Waals surface area contributed by atoms with Gasteiger partial charge in [-0.15, -0.1) is 0 Å². The highest BCUT2D eigenvalue weighted by atomic mass is 32.2. The van der Waals surface area contributed by atoms with Crippen LogP contribution in [0.15, 0.2) is 83.8 Å². The first kappa shape index (κ1) is 21.0. The monoisotopic (exact) mass is 444 g/mol. The van der Waals surface area contributed by atoms with E-state index in [9.17, 15) is 9.59 Å². The lowest BCUT2D eigenvalue weighted by Gasteiger charge is -2.14. The van der Waals surface area contributed by atoms with Crippen LogP contribution in [0.2, 0.25) is 0 Å². The van der Waals surface area contributed by atoms with Crippen molar-refractivity contribution in [3.8, 4) is 11.1 Å². The Balaban J connectivity index is 1.43. The number of hydrogen-bond donors (Lipinski definition) is 1. The molecule has 1 fully saturated rings. The molecule has 0 radical (unpaired) electrons. The van der Waals surface area contributed by atoms with E-state index < -0.39 is 0 Å². The Labute approximate surface area is 191 Å². The number of hydrogen-bond acceptors (Lipinski definition) is 4. The fourth-order valence-electron chi connectivity index (χ4n) is 3.17. The molecule has 0 aromatic heterocycles. The summed E-state index contributed by atoms with van der Waals surface area (Å²) in [4.78, 5) is 27.1. The highest BCUT2D eigenvalue weighted by Gasteiger charge is 2.33. The number of carbonyl (C=O) groups is 2. The first-order valence-corrected chi connectivity index (χ1v) is 11.0. The van der Waals surface area contributed by atoms with Crippen LogP contribution in [0.4, 0.5) is 5.69 Å². The molecule has 4 rings (SSSR count). The van der Waals surface area contributed by atoms with Crippen LogP contribution in [-0.2, 0) is 9.59 Å². The van der Waals surface area contributed by atoms with Gasteiger partial charge in [0.05, 0.1) is 4.91 Å². The predicted octanol–water partition coefficient (Wildman–Crippen LogP) is 5.50. The van der Waals surface area contributed by atoms with Crippen molar-refractivity contribution in [3.63, 3.8) is 0 Å². The van der Waals surface area contributed by atoms with Gasteiger partial charge in [-0.25, -0.2) is 0 Å². The van der Waals surface area contributed by atoms with Crippen molar-refractivity contribution in [3.05, 3.63) is 94.9 Å². The predicted molar refractivity (Wildman–Crippen MR) is 132 cm³/mol. The van der Waals surface area contributed by atoms with E-state index in [0.29, 0.717) is 14.9 Å². The van der Waals surface area contributed by atoms with E-state index in [1.807, 2.05) is 79.7 Å². The van der Waals surface area contributed by atoms with E-state index in [4.69, 9.17) is 12.2 Å². The van der Waals surface area contributed by atoms with E-state index in [2.05, 4.69) is 17.4 Å². The van der Waals surface area contributed by atoms with Crippen molar-refractivity contribution >= 4 is 51.9 Å². The number of aryl methyl sites for hydroxylation is 1. The molecule has 0 saturated carbocycles. The minimum atomic E-state index is -0.284. The van der Waals surface area contributed by atoms with Gasteiger partial charge in [-0.2, -0.15) is 0 Å². The number of thiocarbonyl (C=S) groups is 1. The minimum absolute atomic E-state index is 0.108. The highest BCUT2D eigenvalue weighted by molar-refractivity contribution is 8.26. The summed E-state index contributed by atoms with van der Waals surface area (Å²) in [5.41, 5.74) is 4.95. The van der Waals surface area contributed by atoms with E-state index in [1.165, 1.54) is 16.7 Å². The summed E-state index contributed by atoms with van der Waals surface area (Å²) in [7, 11) is 0. The fraction of sp³-hybridized carbons (Fsp3) is 0.0800. The van der Waals surface area contributed by atoms with Gasteiger partial charge in [0.15, 0.2) is 0 Å². The topological polar surface area (TPSA) is 49.4 Å². The van der Waals surface area contributed by atoms with Gasteiger partial charge < -0.3 is 5.32 Å². The zero-order valence-electron chi connectivity index (χ0n) is 16.9.